The summed E-state index contributed by atoms with van der Waals surface area (Å²) in [5.74, 6) is -0.360. The molecular weight excluding hydrogens is 781 g/mol. The zero-order valence-electron chi connectivity index (χ0n) is 38.3. The summed E-state index contributed by atoms with van der Waals surface area (Å²) in [5.41, 5.74) is 0. The van der Waals surface area contributed by atoms with Crippen molar-refractivity contribution in [2.45, 2.75) is 179 Å². The van der Waals surface area contributed by atoms with Crippen molar-refractivity contribution in [3.8, 4) is 0 Å². The SMILES string of the molecule is CC/C=C\C/C=C\C/C=C\C/C=C\C/C=C\CCCCCCOCC(COC1OC(CO)C(O)C(O)C1O)OC(=O)CCCCC/C=C\C/C=C\C/C=C\C/C=C\C/C=C\CC. The number of unbranched alkanes of at least 4 members (excludes halogenated alkanes) is 7. The predicted molar refractivity (Wildman–Crippen MR) is 256 cm³/mol. The minimum absolute atomic E-state index is 0.104. The minimum Gasteiger partial charge on any atom is -0.457 e. The molecule has 1 aliphatic heterocycles. The smallest absolute Gasteiger partial charge is 0.306 e. The van der Waals surface area contributed by atoms with Gasteiger partial charge in [-0.05, 0) is 103 Å². The summed E-state index contributed by atoms with van der Waals surface area (Å²) < 4.78 is 22.8. The Labute approximate surface area is 376 Å². The first kappa shape index (κ1) is 56.6. The number of carbonyl (C=O) groups excluding carboxylic acids is 1. The van der Waals surface area contributed by atoms with Gasteiger partial charge in [0.2, 0.25) is 0 Å². The van der Waals surface area contributed by atoms with Crippen molar-refractivity contribution < 1.29 is 44.2 Å². The van der Waals surface area contributed by atoms with Crippen LogP contribution >= 0.6 is 0 Å². The van der Waals surface area contributed by atoms with Crippen LogP contribution in [0.25, 0.3) is 0 Å². The Morgan fingerprint density at radius 3 is 1.39 bits per heavy atom. The molecule has 1 aliphatic rings. The highest BCUT2D eigenvalue weighted by Crippen LogP contribution is 2.22. The van der Waals surface area contributed by atoms with Gasteiger partial charge in [0.15, 0.2) is 6.29 Å². The standard InChI is InChI=1S/C53H84O9/c1-3-5-7-9-11-13-15-17-19-21-23-25-27-29-31-33-35-37-39-41-43-59-45-47(46-60-53-52(58)51(57)50(56)48(44-54)62-53)61-49(55)42-40-38-36-34-32-30-28-26-24-22-20-18-16-14-12-10-8-6-4-2/h5-8,11-14,17-20,23-26,29-32,47-48,50-54,56-58H,3-4,9-10,15-16,21-22,27-28,33-46H2,1-2H3/b7-5-,8-6-,13-11-,14-12-,19-17-,20-18-,25-23-,26-24-,31-29-,32-30-. The summed E-state index contributed by atoms with van der Waals surface area (Å²) in [5, 5.41) is 40.2. The summed E-state index contributed by atoms with van der Waals surface area (Å²) in [4.78, 5) is 12.8. The van der Waals surface area contributed by atoms with Crippen LogP contribution in [0.1, 0.15) is 142 Å². The molecule has 9 nitrogen and oxygen atoms in total. The Hall–Kier alpha value is -3.41. The topological polar surface area (TPSA) is 135 Å². The van der Waals surface area contributed by atoms with Crippen LogP contribution in [0.2, 0.25) is 0 Å². The number of aliphatic hydroxyl groups excluding tert-OH is 4. The van der Waals surface area contributed by atoms with E-state index in [-0.39, 0.29) is 25.6 Å². The number of hydrogen-bond donors (Lipinski definition) is 4. The second kappa shape index (κ2) is 42.9. The number of hydrogen-bond acceptors (Lipinski definition) is 9. The van der Waals surface area contributed by atoms with Crippen LogP contribution < -0.4 is 0 Å². The van der Waals surface area contributed by atoms with Crippen LogP contribution in [0.3, 0.4) is 0 Å². The maximum absolute atomic E-state index is 12.8. The van der Waals surface area contributed by atoms with E-state index in [0.29, 0.717) is 13.0 Å². The van der Waals surface area contributed by atoms with E-state index < -0.39 is 43.4 Å². The van der Waals surface area contributed by atoms with E-state index in [1.54, 1.807) is 0 Å². The quantitative estimate of drug-likeness (QED) is 0.0272. The van der Waals surface area contributed by atoms with Gasteiger partial charge in [-0.15, -0.1) is 0 Å². The fraction of sp³-hybridized carbons (Fsp3) is 0.604. The third-order valence-electron chi connectivity index (χ3n) is 9.87. The van der Waals surface area contributed by atoms with E-state index >= 15 is 0 Å². The van der Waals surface area contributed by atoms with Gasteiger partial charge >= 0.3 is 5.97 Å². The molecule has 1 saturated heterocycles. The maximum atomic E-state index is 12.8. The molecule has 0 aromatic rings. The second-order valence-electron chi connectivity index (χ2n) is 15.4. The van der Waals surface area contributed by atoms with Crippen LogP contribution in [0.4, 0.5) is 0 Å². The molecule has 1 heterocycles. The van der Waals surface area contributed by atoms with Gasteiger partial charge in [0, 0.05) is 13.0 Å². The molecule has 0 amide bonds. The molecule has 1 rings (SSSR count). The van der Waals surface area contributed by atoms with Crippen molar-refractivity contribution in [2.75, 3.05) is 26.4 Å². The van der Waals surface area contributed by atoms with Gasteiger partial charge in [-0.25, -0.2) is 0 Å². The van der Waals surface area contributed by atoms with Crippen LogP contribution in [-0.2, 0) is 23.7 Å². The lowest BCUT2D eigenvalue weighted by molar-refractivity contribution is -0.305. The monoisotopic (exact) mass is 865 g/mol. The number of esters is 1. The molecule has 0 radical (unpaired) electrons. The molecule has 0 saturated carbocycles. The van der Waals surface area contributed by atoms with Gasteiger partial charge in [0.25, 0.3) is 0 Å². The summed E-state index contributed by atoms with van der Waals surface area (Å²) >= 11 is 0. The molecule has 0 aromatic carbocycles. The van der Waals surface area contributed by atoms with E-state index in [0.717, 1.165) is 116 Å². The lowest BCUT2D eigenvalue weighted by atomic mass is 9.99. The Kier molecular flexibility index (Phi) is 39.1. The molecule has 0 bridgehead atoms. The highest BCUT2D eigenvalue weighted by Gasteiger charge is 2.44. The number of ether oxygens (including phenoxy) is 4. The minimum atomic E-state index is -1.56. The molecule has 0 aliphatic carbocycles. The largest absolute Gasteiger partial charge is 0.457 e. The molecule has 62 heavy (non-hydrogen) atoms. The van der Waals surface area contributed by atoms with E-state index in [2.05, 4.69) is 135 Å². The van der Waals surface area contributed by atoms with Crippen molar-refractivity contribution >= 4 is 5.97 Å². The van der Waals surface area contributed by atoms with Gasteiger partial charge in [0.1, 0.15) is 30.5 Å². The molecule has 1 fully saturated rings. The third kappa shape index (κ3) is 33.2. The first-order valence-corrected chi connectivity index (χ1v) is 23.6. The number of aliphatic hydroxyl groups is 4. The Morgan fingerprint density at radius 1 is 0.516 bits per heavy atom. The number of rotatable bonds is 38. The molecule has 0 aromatic heterocycles. The highest BCUT2D eigenvalue weighted by molar-refractivity contribution is 5.69. The summed E-state index contributed by atoms with van der Waals surface area (Å²) in [6.07, 6.45) is 55.1. The van der Waals surface area contributed by atoms with Gasteiger partial charge in [0.05, 0.1) is 19.8 Å². The zero-order chi connectivity index (χ0) is 45.0. The fourth-order valence-corrected chi connectivity index (χ4v) is 6.25. The van der Waals surface area contributed by atoms with Crippen LogP contribution in [-0.4, -0.2) is 89.6 Å². The molecule has 9 heteroatoms. The summed E-state index contributed by atoms with van der Waals surface area (Å²) in [7, 11) is 0. The van der Waals surface area contributed by atoms with E-state index in [4.69, 9.17) is 18.9 Å². The summed E-state index contributed by atoms with van der Waals surface area (Å²) in [6.45, 7) is 4.19. The highest BCUT2D eigenvalue weighted by atomic mass is 16.7. The molecule has 4 N–H and O–H groups in total. The lowest BCUT2D eigenvalue weighted by Gasteiger charge is -2.39. The van der Waals surface area contributed by atoms with Crippen molar-refractivity contribution in [2.24, 2.45) is 0 Å². The Balaban J connectivity index is 2.32. The lowest BCUT2D eigenvalue weighted by Crippen LogP contribution is -2.59. The fourth-order valence-electron chi connectivity index (χ4n) is 6.25. The first-order valence-electron chi connectivity index (χ1n) is 23.6. The third-order valence-corrected chi connectivity index (χ3v) is 9.87. The predicted octanol–water partition coefficient (Wildman–Crippen LogP) is 11.1. The van der Waals surface area contributed by atoms with Gasteiger partial charge in [-0.1, -0.05) is 155 Å². The zero-order valence-corrected chi connectivity index (χ0v) is 38.3. The normalized spacial score (nSPS) is 20.9. The van der Waals surface area contributed by atoms with Crippen LogP contribution in [0.5, 0.6) is 0 Å². The molecule has 0 spiro atoms. The second-order valence-corrected chi connectivity index (χ2v) is 15.4. The first-order chi connectivity index (χ1) is 30.4. The van der Waals surface area contributed by atoms with E-state index in [1.165, 1.54) is 0 Å². The molecule has 6 atom stereocenters. The molecule has 350 valence electrons. The number of allylic oxidation sites excluding steroid dienone is 20. The van der Waals surface area contributed by atoms with E-state index in [9.17, 15) is 25.2 Å². The van der Waals surface area contributed by atoms with Crippen molar-refractivity contribution in [1.82, 2.24) is 0 Å². The maximum Gasteiger partial charge on any atom is 0.306 e. The van der Waals surface area contributed by atoms with E-state index in [1.807, 2.05) is 0 Å². The molecular formula is C53H84O9. The van der Waals surface area contributed by atoms with Crippen molar-refractivity contribution in [1.29, 1.82) is 0 Å². The average molecular weight is 865 g/mol. The average Bonchev–Trinajstić information content (AvgIpc) is 3.27. The van der Waals surface area contributed by atoms with Crippen molar-refractivity contribution in [3.63, 3.8) is 0 Å². The Bertz CT molecular complexity index is 1350. The van der Waals surface area contributed by atoms with Gasteiger partial charge < -0.3 is 39.4 Å². The van der Waals surface area contributed by atoms with Crippen molar-refractivity contribution in [3.05, 3.63) is 122 Å². The van der Waals surface area contributed by atoms with Crippen LogP contribution in [0, 0.1) is 0 Å². The Morgan fingerprint density at radius 2 is 0.935 bits per heavy atom. The van der Waals surface area contributed by atoms with Gasteiger partial charge in [-0.3, -0.25) is 4.79 Å². The summed E-state index contributed by atoms with van der Waals surface area (Å²) in [6, 6.07) is 0. The van der Waals surface area contributed by atoms with Crippen LogP contribution in [0.15, 0.2) is 122 Å². The molecule has 6 unspecified atom stereocenters. The number of carbonyl (C=O) groups is 1. The van der Waals surface area contributed by atoms with Gasteiger partial charge in [-0.2, -0.15) is 0 Å².